The molecule has 4 rings (SSSR count). The van der Waals surface area contributed by atoms with E-state index in [1.807, 2.05) is 43.3 Å². The van der Waals surface area contributed by atoms with Gasteiger partial charge in [0.25, 0.3) is 5.56 Å². The smallest absolute Gasteiger partial charge is 0.331 e. The molecule has 3 aromatic rings. The van der Waals surface area contributed by atoms with Crippen molar-refractivity contribution in [3.05, 3.63) is 80.5 Å². The number of sulfonamides is 1. The highest BCUT2D eigenvalue weighted by Crippen LogP contribution is 2.18. The molecule has 2 aromatic carbocycles. The maximum atomic E-state index is 13.7. The summed E-state index contributed by atoms with van der Waals surface area (Å²) < 4.78 is 29.8. The fourth-order valence-electron chi connectivity index (χ4n) is 5.58. The van der Waals surface area contributed by atoms with E-state index in [1.165, 1.54) is 4.57 Å². The molecule has 11 heteroatoms. The number of carbonyl (C=O) groups is 1. The van der Waals surface area contributed by atoms with Gasteiger partial charge in [0.15, 0.2) is 0 Å². The first-order chi connectivity index (χ1) is 20.2. The van der Waals surface area contributed by atoms with Gasteiger partial charge in [0.05, 0.1) is 23.2 Å². The molecule has 0 saturated carbocycles. The zero-order chi connectivity index (χ0) is 30.1. The Hall–Kier alpha value is -3.28. The molecule has 0 amide bonds. The van der Waals surface area contributed by atoms with Crippen LogP contribution in [-0.4, -0.2) is 53.5 Å². The number of rotatable bonds is 15. The number of unbranched alkanes of at least 4 members (excludes halogenated alkanes) is 1. The zero-order valence-corrected chi connectivity index (χ0v) is 25.1. The number of nitrogens with one attached hydrogen (secondary N) is 2. The van der Waals surface area contributed by atoms with Gasteiger partial charge in [-0.3, -0.25) is 18.7 Å². The molecule has 0 spiro atoms. The first-order valence-electron chi connectivity index (χ1n) is 14.9. The molecular weight excluding hydrogens is 556 g/mol. The van der Waals surface area contributed by atoms with Crippen molar-refractivity contribution < 1.29 is 18.3 Å². The van der Waals surface area contributed by atoms with Gasteiger partial charge in [-0.2, -0.15) is 0 Å². The third-order valence-corrected chi connectivity index (χ3v) is 9.51. The quantitative estimate of drug-likeness (QED) is 0.244. The average Bonchev–Trinajstić information content (AvgIpc) is 2.98. The van der Waals surface area contributed by atoms with Crippen LogP contribution in [-0.2, 0) is 34.3 Å². The fraction of sp³-hybridized carbons (Fsp3) is 0.516. The Morgan fingerprint density at radius 3 is 2.48 bits per heavy atom. The van der Waals surface area contributed by atoms with E-state index in [2.05, 4.69) is 10.0 Å². The van der Waals surface area contributed by atoms with E-state index in [-0.39, 0.29) is 23.4 Å². The second-order valence-corrected chi connectivity index (χ2v) is 13.1. The van der Waals surface area contributed by atoms with Gasteiger partial charge in [-0.25, -0.2) is 17.9 Å². The number of hydrogen-bond donors (Lipinski definition) is 3. The lowest BCUT2D eigenvalue weighted by Crippen LogP contribution is -2.41. The third-order valence-electron chi connectivity index (χ3n) is 8.04. The second-order valence-electron chi connectivity index (χ2n) is 11.2. The molecule has 1 atom stereocenters. The van der Waals surface area contributed by atoms with Gasteiger partial charge in [0.1, 0.15) is 6.04 Å². The molecule has 1 aliphatic heterocycles. The predicted octanol–water partition coefficient (Wildman–Crippen LogP) is 3.10. The van der Waals surface area contributed by atoms with Crippen molar-refractivity contribution in [3.8, 4) is 0 Å². The van der Waals surface area contributed by atoms with E-state index in [0.717, 1.165) is 43.5 Å². The molecule has 10 nitrogen and oxygen atoms in total. The summed E-state index contributed by atoms with van der Waals surface area (Å²) in [5.74, 6) is -0.856. The van der Waals surface area contributed by atoms with Crippen molar-refractivity contribution in [2.75, 3.05) is 18.8 Å². The molecule has 0 aliphatic carbocycles. The van der Waals surface area contributed by atoms with Crippen LogP contribution in [0.5, 0.6) is 0 Å². The van der Waals surface area contributed by atoms with Gasteiger partial charge in [0.2, 0.25) is 10.0 Å². The molecule has 1 unspecified atom stereocenters. The summed E-state index contributed by atoms with van der Waals surface area (Å²) in [7, 11) is -3.68. The Morgan fingerprint density at radius 2 is 1.79 bits per heavy atom. The SMILES string of the molecule is CCCCS(=O)(=O)NC(CCCc1ccc2c(c1)c(=O)n(CCC1CCNCC1)c(=O)n2Cc1ccccc1)C(=O)O. The standard InChI is InChI=1S/C31H42N4O6S/c1-2-3-20-42(40,41)33-27(30(37)38)11-7-10-24-12-13-28-26(21-24)29(36)34(19-16-23-14-17-32-18-15-23)31(39)35(28)22-25-8-5-4-6-9-25/h4-6,8-9,12-13,21,23,27,32-33H,2-3,7,10-11,14-20,22H2,1H3,(H,37,38). The lowest BCUT2D eigenvalue weighted by molar-refractivity contribution is -0.139. The van der Waals surface area contributed by atoms with Gasteiger partial charge in [-0.15, -0.1) is 0 Å². The molecule has 1 fully saturated rings. The second kappa shape index (κ2) is 14.8. The van der Waals surface area contributed by atoms with Crippen molar-refractivity contribution >= 4 is 26.9 Å². The molecule has 3 N–H and O–H groups in total. The summed E-state index contributed by atoms with van der Waals surface area (Å²) in [4.78, 5) is 39.1. The largest absolute Gasteiger partial charge is 0.480 e. The van der Waals surface area contributed by atoms with E-state index in [4.69, 9.17) is 0 Å². The van der Waals surface area contributed by atoms with E-state index < -0.39 is 22.0 Å². The lowest BCUT2D eigenvalue weighted by atomic mass is 9.95. The number of carboxylic acids is 1. The average molecular weight is 599 g/mol. The van der Waals surface area contributed by atoms with Crippen LogP contribution in [0, 0.1) is 5.92 Å². The van der Waals surface area contributed by atoms with E-state index in [0.29, 0.717) is 55.6 Å². The summed E-state index contributed by atoms with van der Waals surface area (Å²) in [6.45, 7) is 4.46. The van der Waals surface area contributed by atoms with Crippen LogP contribution < -0.4 is 21.3 Å². The van der Waals surface area contributed by atoms with Crippen LogP contribution >= 0.6 is 0 Å². The number of hydrogen-bond acceptors (Lipinski definition) is 6. The Balaban J connectivity index is 1.58. The van der Waals surface area contributed by atoms with E-state index >= 15 is 0 Å². The predicted molar refractivity (Wildman–Crippen MR) is 164 cm³/mol. The Bertz CT molecular complexity index is 1580. The lowest BCUT2D eigenvalue weighted by Gasteiger charge is -2.23. The molecule has 228 valence electrons. The minimum atomic E-state index is -3.68. The Labute approximate surface area is 246 Å². The summed E-state index contributed by atoms with van der Waals surface area (Å²) in [6.07, 6.45) is 4.95. The molecule has 42 heavy (non-hydrogen) atoms. The topological polar surface area (TPSA) is 140 Å². The van der Waals surface area contributed by atoms with Gasteiger partial charge in [-0.1, -0.05) is 49.7 Å². The molecule has 1 aliphatic rings. The summed E-state index contributed by atoms with van der Waals surface area (Å²) in [5.41, 5.74) is 1.70. The van der Waals surface area contributed by atoms with Crippen LogP contribution in [0.1, 0.15) is 63.0 Å². The minimum Gasteiger partial charge on any atom is -0.480 e. The van der Waals surface area contributed by atoms with Gasteiger partial charge >= 0.3 is 11.7 Å². The highest BCUT2D eigenvalue weighted by Gasteiger charge is 2.23. The number of aromatic nitrogens is 2. The highest BCUT2D eigenvalue weighted by molar-refractivity contribution is 7.89. The number of carboxylic acid groups (broad SMARTS) is 1. The molecular formula is C31H42N4O6S. The molecule has 2 heterocycles. The van der Waals surface area contributed by atoms with Gasteiger partial charge in [-0.05, 0) is 87.2 Å². The number of fused-ring (bicyclic) bond motifs is 1. The number of aryl methyl sites for hydroxylation is 1. The van der Waals surface area contributed by atoms with Gasteiger partial charge < -0.3 is 10.4 Å². The molecule has 0 radical (unpaired) electrons. The molecule has 1 saturated heterocycles. The normalized spacial score (nSPS) is 15.2. The number of piperidine rings is 1. The van der Waals surface area contributed by atoms with Crippen molar-refractivity contribution in [3.63, 3.8) is 0 Å². The van der Waals surface area contributed by atoms with Crippen LogP contribution in [0.2, 0.25) is 0 Å². The summed E-state index contributed by atoms with van der Waals surface area (Å²) in [6, 6.07) is 13.9. The maximum Gasteiger partial charge on any atom is 0.331 e. The van der Waals surface area contributed by atoms with E-state index in [1.54, 1.807) is 16.7 Å². The maximum absolute atomic E-state index is 13.7. The highest BCUT2D eigenvalue weighted by atomic mass is 32.2. The summed E-state index contributed by atoms with van der Waals surface area (Å²) in [5, 5.41) is 13.4. The number of nitrogens with zero attached hydrogens (tertiary/aromatic N) is 2. The molecule has 1 aromatic heterocycles. The van der Waals surface area contributed by atoms with Crippen LogP contribution in [0.25, 0.3) is 10.9 Å². The Kier molecular flexibility index (Phi) is 11.1. The van der Waals surface area contributed by atoms with Crippen molar-refractivity contribution in [1.82, 2.24) is 19.2 Å². The van der Waals surface area contributed by atoms with Crippen molar-refractivity contribution in [2.24, 2.45) is 5.92 Å². The van der Waals surface area contributed by atoms with Crippen molar-refractivity contribution in [1.29, 1.82) is 0 Å². The number of benzene rings is 2. The number of aliphatic carboxylic acids is 1. The Morgan fingerprint density at radius 1 is 1.05 bits per heavy atom. The first-order valence-corrected chi connectivity index (χ1v) is 16.6. The van der Waals surface area contributed by atoms with Crippen molar-refractivity contribution in [2.45, 2.75) is 77.4 Å². The summed E-state index contributed by atoms with van der Waals surface area (Å²) >= 11 is 0. The fourth-order valence-corrected chi connectivity index (χ4v) is 7.02. The minimum absolute atomic E-state index is 0.105. The van der Waals surface area contributed by atoms with Crippen LogP contribution in [0.15, 0.2) is 58.1 Å². The third kappa shape index (κ3) is 8.39. The van der Waals surface area contributed by atoms with Crippen LogP contribution in [0.4, 0.5) is 0 Å². The zero-order valence-electron chi connectivity index (χ0n) is 24.3. The van der Waals surface area contributed by atoms with E-state index in [9.17, 15) is 27.9 Å². The van der Waals surface area contributed by atoms with Gasteiger partial charge in [0, 0.05) is 6.54 Å². The molecule has 0 bridgehead atoms. The van der Waals surface area contributed by atoms with Crippen LogP contribution in [0.3, 0.4) is 0 Å². The monoisotopic (exact) mass is 598 g/mol. The first kappa shape index (κ1) is 31.7.